The van der Waals surface area contributed by atoms with Crippen molar-refractivity contribution < 1.29 is 14.3 Å². The van der Waals surface area contributed by atoms with Crippen LogP contribution in [0.25, 0.3) is 0 Å². The lowest BCUT2D eigenvalue weighted by molar-refractivity contribution is -0.116. The number of carbonyl (C=O) groups is 2. The van der Waals surface area contributed by atoms with Gasteiger partial charge in [-0.3, -0.25) is 4.79 Å². The monoisotopic (exact) mass is 332 g/mol. The van der Waals surface area contributed by atoms with Crippen LogP contribution in [0.15, 0.2) is 18.2 Å². The van der Waals surface area contributed by atoms with Crippen LogP contribution in [0.2, 0.25) is 0 Å². The molecule has 0 spiro atoms. The van der Waals surface area contributed by atoms with E-state index >= 15 is 0 Å². The lowest BCUT2D eigenvalue weighted by Crippen LogP contribution is -2.12. The van der Waals surface area contributed by atoms with Gasteiger partial charge in [-0.2, -0.15) is 0 Å². The van der Waals surface area contributed by atoms with Gasteiger partial charge in [0.1, 0.15) is 5.78 Å². The summed E-state index contributed by atoms with van der Waals surface area (Å²) in [5, 5.41) is 0. The topological polar surface area (TPSA) is 43.4 Å². The summed E-state index contributed by atoms with van der Waals surface area (Å²) in [4.78, 5) is 22.7. The van der Waals surface area contributed by atoms with Crippen molar-refractivity contribution in [3.8, 4) is 0 Å². The van der Waals surface area contributed by atoms with Gasteiger partial charge >= 0.3 is 5.97 Å². The van der Waals surface area contributed by atoms with Crippen LogP contribution in [-0.2, 0) is 15.4 Å². The molecule has 5 heteroatoms. The van der Waals surface area contributed by atoms with E-state index in [0.29, 0.717) is 23.6 Å². The number of benzene rings is 1. The summed E-state index contributed by atoms with van der Waals surface area (Å²) >= 11 is 9.04. The molecule has 0 heterocycles. The molecule has 0 aromatic heterocycles. The number of ketones is 1. The van der Waals surface area contributed by atoms with E-state index in [9.17, 15) is 9.59 Å². The molecule has 0 bridgehead atoms. The maximum atomic E-state index is 11.8. The van der Waals surface area contributed by atoms with Crippen molar-refractivity contribution in [1.82, 2.24) is 0 Å². The standard InChI is InChI=1S/C13H14BrClO3/c1-3-18-13(17)10-5-4-9(7-15)6-11(10)12(14)8(2)16/h4-6,12H,3,7H2,1-2H3. The van der Waals surface area contributed by atoms with Gasteiger partial charge in [-0.1, -0.05) is 28.1 Å². The van der Waals surface area contributed by atoms with Crippen molar-refractivity contribution >= 4 is 39.3 Å². The highest BCUT2D eigenvalue weighted by molar-refractivity contribution is 9.09. The number of esters is 1. The van der Waals surface area contributed by atoms with Crippen LogP contribution in [0, 0.1) is 0 Å². The first kappa shape index (κ1) is 15.2. The van der Waals surface area contributed by atoms with Crippen LogP contribution in [0.4, 0.5) is 0 Å². The molecule has 1 rings (SSSR count). The fraction of sp³-hybridized carbons (Fsp3) is 0.385. The quantitative estimate of drug-likeness (QED) is 0.610. The second-order valence-corrected chi connectivity index (χ2v) is 4.93. The first-order chi connectivity index (χ1) is 8.51. The van der Waals surface area contributed by atoms with Crippen LogP contribution >= 0.6 is 27.5 Å². The van der Waals surface area contributed by atoms with E-state index < -0.39 is 10.8 Å². The lowest BCUT2D eigenvalue weighted by Gasteiger charge is -2.13. The normalized spacial score (nSPS) is 12.0. The Morgan fingerprint density at radius 1 is 1.44 bits per heavy atom. The minimum atomic E-state index is -0.528. The molecule has 1 unspecified atom stereocenters. The zero-order chi connectivity index (χ0) is 13.7. The summed E-state index contributed by atoms with van der Waals surface area (Å²) in [6, 6.07) is 5.14. The average Bonchev–Trinajstić information content (AvgIpc) is 2.37. The number of alkyl halides is 2. The highest BCUT2D eigenvalue weighted by Crippen LogP contribution is 2.29. The van der Waals surface area contributed by atoms with Gasteiger partial charge in [0, 0.05) is 5.88 Å². The smallest absolute Gasteiger partial charge is 0.338 e. The molecule has 0 N–H and O–H groups in total. The molecule has 1 aromatic rings. The molecule has 0 fully saturated rings. The van der Waals surface area contributed by atoms with Gasteiger partial charge in [0.2, 0.25) is 0 Å². The largest absolute Gasteiger partial charge is 0.462 e. The minimum Gasteiger partial charge on any atom is -0.462 e. The molecule has 98 valence electrons. The third-order valence-electron chi connectivity index (χ3n) is 2.40. The Kier molecular flexibility index (Phi) is 5.82. The highest BCUT2D eigenvalue weighted by Gasteiger charge is 2.21. The lowest BCUT2D eigenvalue weighted by atomic mass is 10.00. The van der Waals surface area contributed by atoms with E-state index in [1.54, 1.807) is 25.1 Å². The maximum absolute atomic E-state index is 11.8. The zero-order valence-corrected chi connectivity index (χ0v) is 12.5. The molecule has 1 aromatic carbocycles. The summed E-state index contributed by atoms with van der Waals surface area (Å²) in [5.41, 5.74) is 1.84. The summed E-state index contributed by atoms with van der Waals surface area (Å²) in [6.45, 7) is 3.49. The predicted molar refractivity (Wildman–Crippen MR) is 74.3 cm³/mol. The molecule has 18 heavy (non-hydrogen) atoms. The van der Waals surface area contributed by atoms with E-state index in [1.807, 2.05) is 0 Å². The van der Waals surface area contributed by atoms with Gasteiger partial charge in [0.15, 0.2) is 0 Å². The summed E-state index contributed by atoms with van der Waals surface area (Å²) in [5.74, 6) is -0.181. The van der Waals surface area contributed by atoms with E-state index in [1.165, 1.54) is 6.92 Å². The number of ether oxygens (including phenoxy) is 1. The first-order valence-corrected chi connectivity index (χ1v) is 6.96. The summed E-state index contributed by atoms with van der Waals surface area (Å²) in [7, 11) is 0. The molecule has 3 nitrogen and oxygen atoms in total. The molecule has 0 saturated carbocycles. The Labute approximate surface area is 120 Å². The second kappa shape index (κ2) is 6.90. The SMILES string of the molecule is CCOC(=O)c1ccc(CCl)cc1C(Br)C(C)=O. The predicted octanol–water partition coefficient (Wildman–Crippen LogP) is 3.63. The number of rotatable bonds is 5. The van der Waals surface area contributed by atoms with Gasteiger partial charge in [0.05, 0.1) is 17.0 Å². The number of carbonyl (C=O) groups excluding carboxylic acids is 2. The van der Waals surface area contributed by atoms with Crippen molar-refractivity contribution in [1.29, 1.82) is 0 Å². The van der Waals surface area contributed by atoms with Crippen molar-refractivity contribution in [2.75, 3.05) is 6.61 Å². The Hall–Kier alpha value is -0.870. The van der Waals surface area contributed by atoms with E-state index in [0.717, 1.165) is 5.56 Å². The zero-order valence-electron chi connectivity index (χ0n) is 10.2. The molecular formula is C13H14BrClO3. The molecule has 0 aliphatic carbocycles. The van der Waals surface area contributed by atoms with Crippen molar-refractivity contribution in [2.24, 2.45) is 0 Å². The van der Waals surface area contributed by atoms with Gasteiger partial charge in [-0.15, -0.1) is 11.6 Å². The Morgan fingerprint density at radius 2 is 2.11 bits per heavy atom. The molecule has 0 radical (unpaired) electrons. The Bertz CT molecular complexity index is 460. The van der Waals surface area contributed by atoms with Gasteiger partial charge in [-0.25, -0.2) is 4.79 Å². The highest BCUT2D eigenvalue weighted by atomic mass is 79.9. The van der Waals surface area contributed by atoms with Crippen LogP contribution in [0.3, 0.4) is 0 Å². The van der Waals surface area contributed by atoms with Gasteiger partial charge in [0.25, 0.3) is 0 Å². The molecule has 1 atom stereocenters. The first-order valence-electron chi connectivity index (χ1n) is 5.51. The fourth-order valence-corrected chi connectivity index (χ4v) is 2.06. The third-order valence-corrected chi connectivity index (χ3v) is 3.84. The van der Waals surface area contributed by atoms with Crippen LogP contribution < -0.4 is 0 Å². The third kappa shape index (κ3) is 3.56. The summed E-state index contributed by atoms with van der Waals surface area (Å²) < 4.78 is 4.97. The number of halogens is 2. The molecule has 0 aliphatic heterocycles. The average molecular weight is 334 g/mol. The molecule has 0 amide bonds. The summed E-state index contributed by atoms with van der Waals surface area (Å²) in [6.07, 6.45) is 0. The molecule has 0 aliphatic rings. The van der Waals surface area contributed by atoms with Crippen molar-refractivity contribution in [3.63, 3.8) is 0 Å². The second-order valence-electron chi connectivity index (χ2n) is 3.75. The molecule has 0 saturated heterocycles. The number of Topliss-reactive ketones (excluding diaryl/α,β-unsaturated/α-hetero) is 1. The van der Waals surface area contributed by atoms with Crippen molar-refractivity contribution in [3.05, 3.63) is 34.9 Å². The van der Waals surface area contributed by atoms with E-state index in [2.05, 4.69) is 15.9 Å². The van der Waals surface area contributed by atoms with Gasteiger partial charge < -0.3 is 4.74 Å². The maximum Gasteiger partial charge on any atom is 0.338 e. The van der Waals surface area contributed by atoms with E-state index in [-0.39, 0.29) is 5.78 Å². The van der Waals surface area contributed by atoms with Crippen LogP contribution in [0.5, 0.6) is 0 Å². The minimum absolute atomic E-state index is 0.0766. The number of hydrogen-bond donors (Lipinski definition) is 0. The van der Waals surface area contributed by atoms with Crippen LogP contribution in [0.1, 0.15) is 40.2 Å². The molecular weight excluding hydrogens is 319 g/mol. The van der Waals surface area contributed by atoms with E-state index in [4.69, 9.17) is 16.3 Å². The van der Waals surface area contributed by atoms with Crippen molar-refractivity contribution in [2.45, 2.75) is 24.6 Å². The number of hydrogen-bond acceptors (Lipinski definition) is 3. The fourth-order valence-electron chi connectivity index (χ4n) is 1.52. The van der Waals surface area contributed by atoms with Crippen LogP contribution in [-0.4, -0.2) is 18.4 Å². The Balaban J connectivity index is 3.24. The Morgan fingerprint density at radius 3 is 2.61 bits per heavy atom. The van der Waals surface area contributed by atoms with Gasteiger partial charge in [-0.05, 0) is 31.0 Å².